The molecule has 1 aliphatic heterocycles. The number of pyridine rings is 1. The molecule has 0 radical (unpaired) electrons. The summed E-state index contributed by atoms with van der Waals surface area (Å²) in [6.07, 6.45) is 1.84. The number of halogens is 1. The Bertz CT molecular complexity index is 859. The zero-order valence-electron chi connectivity index (χ0n) is 14.7. The summed E-state index contributed by atoms with van der Waals surface area (Å²) in [7, 11) is 0. The van der Waals surface area contributed by atoms with E-state index in [1.165, 1.54) is 0 Å². The second-order valence-corrected chi connectivity index (χ2v) is 6.95. The molecule has 1 saturated heterocycles. The third-order valence-electron chi connectivity index (χ3n) is 4.90. The topological polar surface area (TPSA) is 45.4 Å². The van der Waals surface area contributed by atoms with Gasteiger partial charge in [-0.05, 0) is 31.2 Å². The molecule has 0 saturated carbocycles. The molecule has 0 bridgehead atoms. The summed E-state index contributed by atoms with van der Waals surface area (Å²) in [5, 5.41) is 4.98. The number of rotatable bonds is 4. The van der Waals surface area contributed by atoms with E-state index in [-0.39, 0.29) is 6.04 Å². The van der Waals surface area contributed by atoms with E-state index in [2.05, 4.69) is 32.9 Å². The molecule has 26 heavy (non-hydrogen) atoms. The summed E-state index contributed by atoms with van der Waals surface area (Å²) >= 11 is 6.07. The van der Waals surface area contributed by atoms with Gasteiger partial charge in [-0.2, -0.15) is 0 Å². The van der Waals surface area contributed by atoms with Crippen molar-refractivity contribution in [1.29, 1.82) is 0 Å². The van der Waals surface area contributed by atoms with E-state index in [9.17, 15) is 0 Å². The van der Waals surface area contributed by atoms with Crippen molar-refractivity contribution in [3.8, 4) is 11.3 Å². The van der Waals surface area contributed by atoms with Gasteiger partial charge in [0.25, 0.3) is 0 Å². The first kappa shape index (κ1) is 17.1. The van der Waals surface area contributed by atoms with Crippen LogP contribution in [0, 0.1) is 0 Å². The third-order valence-corrected chi connectivity index (χ3v) is 5.14. The molecule has 1 aromatic carbocycles. The molecule has 1 unspecified atom stereocenters. The standard InChI is InChI=1S/C20H21ClN4O/c1-15(18-14-19(26-23-18)16-5-4-6-17(21)13-16)24-9-11-25(12-10-24)20-7-2-3-8-22-20/h2-8,13-15H,9-12H2,1H3. The van der Waals surface area contributed by atoms with Crippen molar-refractivity contribution in [2.75, 3.05) is 31.1 Å². The van der Waals surface area contributed by atoms with Gasteiger partial charge in [0, 0.05) is 49.0 Å². The minimum absolute atomic E-state index is 0.206. The number of hydrogen-bond donors (Lipinski definition) is 0. The van der Waals surface area contributed by atoms with E-state index in [0.29, 0.717) is 5.02 Å². The van der Waals surface area contributed by atoms with Gasteiger partial charge in [-0.25, -0.2) is 4.98 Å². The van der Waals surface area contributed by atoms with E-state index in [1.807, 2.05) is 48.7 Å². The predicted octanol–water partition coefficient (Wildman–Crippen LogP) is 4.27. The van der Waals surface area contributed by atoms with Crippen LogP contribution in [0.1, 0.15) is 18.7 Å². The quantitative estimate of drug-likeness (QED) is 0.688. The summed E-state index contributed by atoms with van der Waals surface area (Å²) in [5.41, 5.74) is 1.90. The largest absolute Gasteiger partial charge is 0.356 e. The molecule has 0 aliphatic carbocycles. The molecule has 3 aromatic rings. The maximum absolute atomic E-state index is 6.07. The highest BCUT2D eigenvalue weighted by atomic mass is 35.5. The Morgan fingerprint density at radius 1 is 1.04 bits per heavy atom. The maximum atomic E-state index is 6.07. The molecule has 1 atom stereocenters. The van der Waals surface area contributed by atoms with Crippen molar-refractivity contribution in [3.63, 3.8) is 0 Å². The fourth-order valence-electron chi connectivity index (χ4n) is 3.33. The lowest BCUT2D eigenvalue weighted by molar-refractivity contribution is 0.190. The van der Waals surface area contributed by atoms with Gasteiger partial charge in [0.05, 0.1) is 6.04 Å². The number of benzene rings is 1. The van der Waals surface area contributed by atoms with Crippen LogP contribution in [0.3, 0.4) is 0 Å². The Kier molecular flexibility index (Phi) is 4.91. The third kappa shape index (κ3) is 3.59. The molecular weight excluding hydrogens is 348 g/mol. The number of anilines is 1. The van der Waals surface area contributed by atoms with Crippen LogP contribution in [0.15, 0.2) is 59.3 Å². The van der Waals surface area contributed by atoms with Crippen LogP contribution in [0.25, 0.3) is 11.3 Å². The van der Waals surface area contributed by atoms with E-state index in [0.717, 1.165) is 49.0 Å². The first-order valence-electron chi connectivity index (χ1n) is 8.83. The molecule has 2 aromatic heterocycles. The van der Waals surface area contributed by atoms with Gasteiger partial charge in [-0.3, -0.25) is 4.90 Å². The van der Waals surface area contributed by atoms with Crippen LogP contribution in [-0.2, 0) is 0 Å². The Balaban J connectivity index is 1.42. The van der Waals surface area contributed by atoms with Crippen LogP contribution < -0.4 is 4.90 Å². The van der Waals surface area contributed by atoms with Gasteiger partial charge in [0.1, 0.15) is 11.5 Å². The lowest BCUT2D eigenvalue weighted by Crippen LogP contribution is -2.47. The van der Waals surface area contributed by atoms with Crippen molar-refractivity contribution in [1.82, 2.24) is 15.0 Å². The maximum Gasteiger partial charge on any atom is 0.167 e. The molecule has 0 amide bonds. The highest BCUT2D eigenvalue weighted by Crippen LogP contribution is 2.28. The molecule has 1 aliphatic rings. The molecule has 6 heteroatoms. The monoisotopic (exact) mass is 368 g/mol. The number of piperazine rings is 1. The van der Waals surface area contributed by atoms with Gasteiger partial charge in [0.15, 0.2) is 5.76 Å². The van der Waals surface area contributed by atoms with Crippen molar-refractivity contribution in [2.45, 2.75) is 13.0 Å². The van der Waals surface area contributed by atoms with Crippen molar-refractivity contribution < 1.29 is 4.52 Å². The average Bonchev–Trinajstić information content (AvgIpc) is 3.18. The van der Waals surface area contributed by atoms with Crippen molar-refractivity contribution in [2.24, 2.45) is 0 Å². The van der Waals surface area contributed by atoms with E-state index in [1.54, 1.807) is 0 Å². The molecule has 1 fully saturated rings. The summed E-state index contributed by atoms with van der Waals surface area (Å²) in [4.78, 5) is 9.20. The molecular formula is C20H21ClN4O. The van der Waals surface area contributed by atoms with Gasteiger partial charge in [-0.15, -0.1) is 0 Å². The Hall–Kier alpha value is -2.37. The lowest BCUT2D eigenvalue weighted by atomic mass is 10.1. The van der Waals surface area contributed by atoms with Gasteiger partial charge < -0.3 is 9.42 Å². The molecule has 3 heterocycles. The van der Waals surface area contributed by atoms with Gasteiger partial charge >= 0.3 is 0 Å². The highest BCUT2D eigenvalue weighted by Gasteiger charge is 2.25. The summed E-state index contributed by atoms with van der Waals surface area (Å²) in [6, 6.07) is 15.9. The van der Waals surface area contributed by atoms with Crippen LogP contribution >= 0.6 is 11.6 Å². The van der Waals surface area contributed by atoms with Gasteiger partial charge in [-0.1, -0.05) is 35.0 Å². The zero-order chi connectivity index (χ0) is 17.9. The summed E-state index contributed by atoms with van der Waals surface area (Å²) in [6.45, 7) is 6.03. The second-order valence-electron chi connectivity index (χ2n) is 6.51. The SMILES string of the molecule is CC(c1cc(-c2cccc(Cl)c2)on1)N1CCN(c2ccccn2)CC1. The number of aromatic nitrogens is 2. The van der Waals surface area contributed by atoms with Crippen LogP contribution in [0.5, 0.6) is 0 Å². The van der Waals surface area contributed by atoms with Crippen LogP contribution in [-0.4, -0.2) is 41.2 Å². The number of hydrogen-bond acceptors (Lipinski definition) is 5. The molecule has 0 spiro atoms. The molecule has 5 nitrogen and oxygen atoms in total. The summed E-state index contributed by atoms with van der Waals surface area (Å²) < 4.78 is 5.55. The number of nitrogens with zero attached hydrogens (tertiary/aromatic N) is 4. The van der Waals surface area contributed by atoms with E-state index < -0.39 is 0 Å². The molecule has 134 valence electrons. The predicted molar refractivity (Wildman–Crippen MR) is 103 cm³/mol. The average molecular weight is 369 g/mol. The second kappa shape index (κ2) is 7.48. The van der Waals surface area contributed by atoms with Crippen molar-refractivity contribution in [3.05, 3.63) is 65.4 Å². The van der Waals surface area contributed by atoms with E-state index in [4.69, 9.17) is 16.1 Å². The first-order chi connectivity index (χ1) is 12.7. The van der Waals surface area contributed by atoms with Crippen LogP contribution in [0.4, 0.5) is 5.82 Å². The first-order valence-corrected chi connectivity index (χ1v) is 9.21. The molecule has 4 rings (SSSR count). The van der Waals surface area contributed by atoms with E-state index >= 15 is 0 Å². The minimum atomic E-state index is 0.206. The Labute approximate surface area is 158 Å². The smallest absolute Gasteiger partial charge is 0.167 e. The highest BCUT2D eigenvalue weighted by molar-refractivity contribution is 6.30. The normalized spacial score (nSPS) is 16.6. The Morgan fingerprint density at radius 3 is 2.62 bits per heavy atom. The van der Waals surface area contributed by atoms with Crippen LogP contribution in [0.2, 0.25) is 5.02 Å². The minimum Gasteiger partial charge on any atom is -0.356 e. The fourth-order valence-corrected chi connectivity index (χ4v) is 3.52. The summed E-state index contributed by atoms with van der Waals surface area (Å²) in [5.74, 6) is 1.80. The fraction of sp³-hybridized carbons (Fsp3) is 0.300. The molecule has 0 N–H and O–H groups in total. The van der Waals surface area contributed by atoms with Gasteiger partial charge in [0.2, 0.25) is 0 Å². The Morgan fingerprint density at radius 2 is 1.88 bits per heavy atom. The zero-order valence-corrected chi connectivity index (χ0v) is 15.4. The van der Waals surface area contributed by atoms with Crippen molar-refractivity contribution >= 4 is 17.4 Å². The lowest BCUT2D eigenvalue weighted by Gasteiger charge is -2.37.